The Bertz CT molecular complexity index is 863. The van der Waals surface area contributed by atoms with Crippen molar-refractivity contribution in [3.8, 4) is 0 Å². The molecule has 1 N–H and O–H groups in total. The van der Waals surface area contributed by atoms with Gasteiger partial charge in [-0.1, -0.05) is 40.9 Å². The van der Waals surface area contributed by atoms with Gasteiger partial charge in [-0.15, -0.1) is 0 Å². The maximum absolute atomic E-state index is 12.6. The van der Waals surface area contributed by atoms with E-state index in [0.29, 0.717) is 21.4 Å². The lowest BCUT2D eigenvalue weighted by molar-refractivity contribution is -0.116. The monoisotopic (exact) mass is 400 g/mol. The van der Waals surface area contributed by atoms with Gasteiger partial charge in [0.2, 0.25) is 15.9 Å². The van der Waals surface area contributed by atoms with Crippen molar-refractivity contribution in [3.63, 3.8) is 0 Å². The van der Waals surface area contributed by atoms with Crippen LogP contribution in [-0.4, -0.2) is 26.6 Å². The fourth-order valence-corrected chi connectivity index (χ4v) is 4.07. The van der Waals surface area contributed by atoms with Gasteiger partial charge in [0.1, 0.15) is 6.04 Å². The Morgan fingerprint density at radius 2 is 1.60 bits per heavy atom. The first-order chi connectivity index (χ1) is 11.6. The molecule has 0 radical (unpaired) electrons. The standard InChI is InChI=1S/C17H18Cl2N2O3S/c1-11-4-6-16(7-5-11)21(25(3,23)24)12(2)17(22)20-15-9-13(18)8-14(19)10-15/h4-10,12H,1-3H3,(H,20,22)/t12-/m0/s1. The van der Waals surface area contributed by atoms with Crippen LogP contribution in [0.2, 0.25) is 10.0 Å². The van der Waals surface area contributed by atoms with Crippen LogP contribution < -0.4 is 9.62 Å². The first kappa shape index (κ1) is 19.6. The van der Waals surface area contributed by atoms with Gasteiger partial charge in [0.05, 0.1) is 11.9 Å². The molecule has 1 amide bonds. The van der Waals surface area contributed by atoms with Crippen LogP contribution in [0.4, 0.5) is 11.4 Å². The van der Waals surface area contributed by atoms with Gasteiger partial charge in [0.25, 0.3) is 0 Å². The number of benzene rings is 2. The van der Waals surface area contributed by atoms with E-state index in [9.17, 15) is 13.2 Å². The predicted octanol–water partition coefficient (Wildman–Crippen LogP) is 4.10. The molecule has 5 nitrogen and oxygen atoms in total. The van der Waals surface area contributed by atoms with E-state index < -0.39 is 22.0 Å². The highest BCUT2D eigenvalue weighted by atomic mass is 35.5. The second-order valence-electron chi connectivity index (χ2n) is 5.72. The molecule has 0 bridgehead atoms. The molecule has 0 aliphatic heterocycles. The number of carbonyl (C=O) groups is 1. The van der Waals surface area contributed by atoms with Gasteiger partial charge >= 0.3 is 0 Å². The van der Waals surface area contributed by atoms with E-state index in [1.807, 2.05) is 6.92 Å². The number of sulfonamides is 1. The van der Waals surface area contributed by atoms with Crippen molar-refractivity contribution in [2.75, 3.05) is 15.9 Å². The summed E-state index contributed by atoms with van der Waals surface area (Å²) in [6.07, 6.45) is 1.06. The maximum Gasteiger partial charge on any atom is 0.247 e. The predicted molar refractivity (Wildman–Crippen MR) is 103 cm³/mol. The van der Waals surface area contributed by atoms with Gasteiger partial charge in [0.15, 0.2) is 0 Å². The molecule has 0 spiro atoms. The topological polar surface area (TPSA) is 66.5 Å². The number of rotatable bonds is 5. The molecule has 1 atom stereocenters. The van der Waals surface area contributed by atoms with E-state index in [4.69, 9.17) is 23.2 Å². The highest BCUT2D eigenvalue weighted by molar-refractivity contribution is 7.92. The molecule has 2 rings (SSSR count). The van der Waals surface area contributed by atoms with Crippen molar-refractivity contribution in [2.45, 2.75) is 19.9 Å². The molecule has 0 unspecified atom stereocenters. The minimum atomic E-state index is -3.66. The number of anilines is 2. The number of aryl methyl sites for hydroxylation is 1. The molecule has 134 valence electrons. The van der Waals surface area contributed by atoms with Crippen LogP contribution in [0.25, 0.3) is 0 Å². The van der Waals surface area contributed by atoms with Crippen LogP contribution in [0.5, 0.6) is 0 Å². The number of amides is 1. The second-order valence-corrected chi connectivity index (χ2v) is 8.45. The third-order valence-corrected chi connectivity index (χ3v) is 5.19. The molecule has 0 aliphatic rings. The van der Waals surface area contributed by atoms with Crippen LogP contribution in [0.3, 0.4) is 0 Å². The van der Waals surface area contributed by atoms with E-state index in [1.165, 1.54) is 25.1 Å². The largest absolute Gasteiger partial charge is 0.324 e. The first-order valence-electron chi connectivity index (χ1n) is 7.41. The van der Waals surface area contributed by atoms with E-state index in [2.05, 4.69) is 5.32 Å². The van der Waals surface area contributed by atoms with Crippen LogP contribution in [0.1, 0.15) is 12.5 Å². The van der Waals surface area contributed by atoms with Crippen molar-refractivity contribution in [2.24, 2.45) is 0 Å². The molecule has 25 heavy (non-hydrogen) atoms. The number of carbonyl (C=O) groups excluding carboxylic acids is 1. The second kappa shape index (κ2) is 7.64. The molecule has 0 aliphatic carbocycles. The van der Waals surface area contributed by atoms with Crippen LogP contribution in [0.15, 0.2) is 42.5 Å². The smallest absolute Gasteiger partial charge is 0.247 e. The Balaban J connectivity index is 2.31. The van der Waals surface area contributed by atoms with Gasteiger partial charge in [-0.3, -0.25) is 9.10 Å². The SMILES string of the molecule is Cc1ccc(N([C@@H](C)C(=O)Nc2cc(Cl)cc(Cl)c2)S(C)(=O)=O)cc1. The number of nitrogens with zero attached hydrogens (tertiary/aromatic N) is 1. The number of hydrogen-bond donors (Lipinski definition) is 1. The molecule has 0 saturated heterocycles. The third-order valence-electron chi connectivity index (χ3n) is 3.51. The number of halogens is 2. The summed E-state index contributed by atoms with van der Waals surface area (Å²) in [7, 11) is -3.66. The highest BCUT2D eigenvalue weighted by Crippen LogP contribution is 2.25. The Labute approximate surface area is 157 Å². The van der Waals surface area contributed by atoms with Gasteiger partial charge in [-0.25, -0.2) is 8.42 Å². The van der Waals surface area contributed by atoms with Crippen molar-refractivity contribution in [1.82, 2.24) is 0 Å². The lowest BCUT2D eigenvalue weighted by atomic mass is 10.2. The Morgan fingerprint density at radius 3 is 2.08 bits per heavy atom. The van der Waals surface area contributed by atoms with Crippen molar-refractivity contribution >= 4 is 50.5 Å². The van der Waals surface area contributed by atoms with Gasteiger partial charge in [-0.2, -0.15) is 0 Å². The highest BCUT2D eigenvalue weighted by Gasteiger charge is 2.29. The lowest BCUT2D eigenvalue weighted by Crippen LogP contribution is -2.45. The first-order valence-corrected chi connectivity index (χ1v) is 10.0. The third kappa shape index (κ3) is 5.11. The summed E-state index contributed by atoms with van der Waals surface area (Å²) in [5.41, 5.74) is 1.80. The zero-order chi connectivity index (χ0) is 18.8. The molecular weight excluding hydrogens is 383 g/mol. The summed E-state index contributed by atoms with van der Waals surface area (Å²) in [4.78, 5) is 12.6. The van der Waals surface area contributed by atoms with E-state index >= 15 is 0 Å². The van der Waals surface area contributed by atoms with Gasteiger partial charge in [-0.05, 0) is 44.2 Å². The molecule has 0 saturated carbocycles. The molecule has 2 aromatic rings. The van der Waals surface area contributed by atoms with Crippen LogP contribution >= 0.6 is 23.2 Å². The fourth-order valence-electron chi connectivity index (χ4n) is 2.37. The summed E-state index contributed by atoms with van der Waals surface area (Å²) >= 11 is 11.8. The molecular formula is C17H18Cl2N2O3S. The fraction of sp³-hybridized carbons (Fsp3) is 0.235. The molecule has 2 aromatic carbocycles. The summed E-state index contributed by atoms with van der Waals surface area (Å²) < 4.78 is 25.5. The lowest BCUT2D eigenvalue weighted by Gasteiger charge is -2.28. The van der Waals surface area contributed by atoms with Crippen LogP contribution in [-0.2, 0) is 14.8 Å². The zero-order valence-corrected chi connectivity index (χ0v) is 16.3. The maximum atomic E-state index is 12.6. The Morgan fingerprint density at radius 1 is 1.08 bits per heavy atom. The van der Waals surface area contributed by atoms with E-state index in [-0.39, 0.29) is 0 Å². The van der Waals surface area contributed by atoms with E-state index in [0.717, 1.165) is 16.1 Å². The number of nitrogens with one attached hydrogen (secondary N) is 1. The van der Waals surface area contributed by atoms with Crippen molar-refractivity contribution in [3.05, 3.63) is 58.1 Å². The van der Waals surface area contributed by atoms with Crippen LogP contribution in [0, 0.1) is 6.92 Å². The Hall–Kier alpha value is -1.76. The number of hydrogen-bond acceptors (Lipinski definition) is 3. The molecule has 0 heterocycles. The zero-order valence-electron chi connectivity index (χ0n) is 14.0. The van der Waals surface area contributed by atoms with E-state index in [1.54, 1.807) is 24.3 Å². The average Bonchev–Trinajstić information content (AvgIpc) is 2.47. The summed E-state index contributed by atoms with van der Waals surface area (Å²) in [6.45, 7) is 3.41. The quantitative estimate of drug-likeness (QED) is 0.821. The van der Waals surface area contributed by atoms with Gasteiger partial charge in [0, 0.05) is 15.7 Å². The molecule has 0 aromatic heterocycles. The summed E-state index contributed by atoms with van der Waals surface area (Å²) in [5, 5.41) is 3.38. The van der Waals surface area contributed by atoms with Gasteiger partial charge < -0.3 is 5.32 Å². The van der Waals surface area contributed by atoms with Crippen molar-refractivity contribution < 1.29 is 13.2 Å². The van der Waals surface area contributed by atoms with Crippen molar-refractivity contribution in [1.29, 1.82) is 0 Å². The summed E-state index contributed by atoms with van der Waals surface area (Å²) in [5.74, 6) is -0.496. The molecule has 8 heteroatoms. The Kier molecular flexibility index (Phi) is 5.98. The average molecular weight is 401 g/mol. The minimum Gasteiger partial charge on any atom is -0.324 e. The summed E-state index contributed by atoms with van der Waals surface area (Å²) in [6, 6.07) is 10.5. The normalized spacial score (nSPS) is 12.5. The molecule has 0 fully saturated rings. The minimum absolute atomic E-state index is 0.369.